The van der Waals surface area contributed by atoms with E-state index in [2.05, 4.69) is 17.4 Å². The number of nitrogens with one attached hydrogen (secondary N) is 1. The van der Waals surface area contributed by atoms with Crippen LogP contribution in [-0.4, -0.2) is 49.8 Å². The van der Waals surface area contributed by atoms with Gasteiger partial charge < -0.3 is 10.2 Å². The standard InChI is InChI=1S/C27H32N2O5S/c1-4-17(5-2)25-26(31)28-24(21-12-18-8-6-7-9-19(18)13-21)27(32)29(25)15-20-10-11-23(35(3,33)34)14-22(20)16-30/h6-11,14,16-17,21,24-25H,4-5,12-13,15H2,1-3H3,(H,28,31). The second-order valence-corrected chi connectivity index (χ2v) is 11.7. The van der Waals surface area contributed by atoms with Gasteiger partial charge in [-0.3, -0.25) is 14.4 Å². The van der Waals surface area contributed by atoms with E-state index >= 15 is 0 Å². The van der Waals surface area contributed by atoms with Gasteiger partial charge in [0.25, 0.3) is 0 Å². The summed E-state index contributed by atoms with van der Waals surface area (Å²) in [5.41, 5.74) is 3.14. The molecule has 35 heavy (non-hydrogen) atoms. The van der Waals surface area contributed by atoms with Gasteiger partial charge in [-0.2, -0.15) is 0 Å². The van der Waals surface area contributed by atoms with E-state index < -0.39 is 21.9 Å². The molecule has 1 saturated heterocycles. The van der Waals surface area contributed by atoms with Gasteiger partial charge in [0.1, 0.15) is 18.4 Å². The van der Waals surface area contributed by atoms with Crippen LogP contribution < -0.4 is 5.32 Å². The predicted molar refractivity (Wildman–Crippen MR) is 133 cm³/mol. The Morgan fingerprint density at radius 1 is 1.06 bits per heavy atom. The molecule has 2 atom stereocenters. The van der Waals surface area contributed by atoms with Gasteiger partial charge in [-0.15, -0.1) is 0 Å². The van der Waals surface area contributed by atoms with E-state index in [4.69, 9.17) is 0 Å². The Bertz CT molecular complexity index is 1230. The topological polar surface area (TPSA) is 101 Å². The van der Waals surface area contributed by atoms with Crippen molar-refractivity contribution < 1.29 is 22.8 Å². The Labute approximate surface area is 206 Å². The number of aldehydes is 1. The number of carbonyl (C=O) groups excluding carboxylic acids is 3. The minimum absolute atomic E-state index is 0.0318. The molecule has 2 amide bonds. The van der Waals surface area contributed by atoms with E-state index in [-0.39, 0.29) is 40.7 Å². The molecular formula is C27H32N2O5S. The fourth-order valence-corrected chi connectivity index (χ4v) is 6.18. The maximum Gasteiger partial charge on any atom is 0.246 e. The van der Waals surface area contributed by atoms with Gasteiger partial charge in [-0.1, -0.05) is 57.0 Å². The zero-order valence-corrected chi connectivity index (χ0v) is 21.2. The lowest BCUT2D eigenvalue weighted by Gasteiger charge is -2.44. The van der Waals surface area contributed by atoms with Gasteiger partial charge in [-0.05, 0) is 53.5 Å². The van der Waals surface area contributed by atoms with Crippen molar-refractivity contribution in [3.8, 4) is 0 Å². The largest absolute Gasteiger partial charge is 0.342 e. The third kappa shape index (κ3) is 4.89. The second kappa shape index (κ2) is 9.93. The van der Waals surface area contributed by atoms with Crippen molar-refractivity contribution in [3.05, 3.63) is 64.7 Å². The highest BCUT2D eigenvalue weighted by Gasteiger charge is 2.47. The van der Waals surface area contributed by atoms with Crippen LogP contribution in [0.4, 0.5) is 0 Å². The van der Waals surface area contributed by atoms with Gasteiger partial charge in [0.05, 0.1) is 4.90 Å². The Kier molecular flexibility index (Phi) is 7.12. The highest BCUT2D eigenvalue weighted by atomic mass is 32.2. The molecule has 0 saturated carbocycles. The minimum atomic E-state index is -3.49. The number of piperazine rings is 1. The Balaban J connectivity index is 1.69. The van der Waals surface area contributed by atoms with Crippen LogP contribution in [-0.2, 0) is 38.8 Å². The summed E-state index contributed by atoms with van der Waals surface area (Å²) in [5.74, 6) is -0.384. The number of hydrogen-bond acceptors (Lipinski definition) is 5. The van der Waals surface area contributed by atoms with Crippen LogP contribution in [0.15, 0.2) is 47.4 Å². The summed E-state index contributed by atoms with van der Waals surface area (Å²) in [6.45, 7) is 4.07. The highest BCUT2D eigenvalue weighted by Crippen LogP contribution is 2.33. The molecule has 1 aliphatic heterocycles. The molecule has 0 spiro atoms. The molecule has 1 aliphatic carbocycles. The van der Waals surface area contributed by atoms with E-state index in [1.165, 1.54) is 23.3 Å². The zero-order chi connectivity index (χ0) is 25.3. The molecule has 0 aromatic heterocycles. The third-order valence-electron chi connectivity index (χ3n) is 7.51. The van der Waals surface area contributed by atoms with E-state index in [9.17, 15) is 22.8 Å². The maximum absolute atomic E-state index is 13.9. The van der Waals surface area contributed by atoms with Crippen molar-refractivity contribution in [2.45, 2.75) is 63.1 Å². The number of fused-ring (bicyclic) bond motifs is 1. The Hall–Kier alpha value is -3.00. The second-order valence-electron chi connectivity index (χ2n) is 9.66. The lowest BCUT2D eigenvalue weighted by molar-refractivity contribution is -0.154. The molecule has 2 aromatic carbocycles. The van der Waals surface area contributed by atoms with Crippen LogP contribution >= 0.6 is 0 Å². The first-order valence-electron chi connectivity index (χ1n) is 12.1. The maximum atomic E-state index is 13.9. The van der Waals surface area contributed by atoms with Crippen LogP contribution in [0, 0.1) is 11.8 Å². The Morgan fingerprint density at radius 3 is 2.23 bits per heavy atom. The molecule has 0 bridgehead atoms. The van der Waals surface area contributed by atoms with Gasteiger partial charge >= 0.3 is 0 Å². The molecule has 1 heterocycles. The van der Waals surface area contributed by atoms with Gasteiger partial charge in [0, 0.05) is 18.4 Å². The van der Waals surface area contributed by atoms with Crippen LogP contribution in [0.25, 0.3) is 0 Å². The smallest absolute Gasteiger partial charge is 0.246 e. The fourth-order valence-electron chi connectivity index (χ4n) is 5.53. The average molecular weight is 497 g/mol. The molecule has 1 N–H and O–H groups in total. The first-order chi connectivity index (χ1) is 16.7. The molecule has 1 fully saturated rings. The van der Waals surface area contributed by atoms with E-state index in [1.807, 2.05) is 26.0 Å². The third-order valence-corrected chi connectivity index (χ3v) is 8.62. The summed E-state index contributed by atoms with van der Waals surface area (Å²) in [6, 6.07) is 11.2. The van der Waals surface area contributed by atoms with Crippen LogP contribution in [0.5, 0.6) is 0 Å². The molecule has 7 nitrogen and oxygen atoms in total. The summed E-state index contributed by atoms with van der Waals surface area (Å²) in [5, 5.41) is 3.04. The van der Waals surface area contributed by atoms with Gasteiger partial charge in [0.15, 0.2) is 9.84 Å². The molecule has 2 unspecified atom stereocenters. The number of carbonyl (C=O) groups is 3. The van der Waals surface area contributed by atoms with Crippen molar-refractivity contribution in [2.75, 3.05) is 6.26 Å². The normalized spacial score (nSPS) is 20.7. The summed E-state index contributed by atoms with van der Waals surface area (Å²) in [7, 11) is -3.49. The van der Waals surface area contributed by atoms with Crippen molar-refractivity contribution in [2.24, 2.45) is 11.8 Å². The van der Waals surface area contributed by atoms with E-state index in [0.29, 0.717) is 11.8 Å². The number of rotatable bonds is 8. The summed E-state index contributed by atoms with van der Waals surface area (Å²) < 4.78 is 23.9. The molecule has 4 rings (SSSR count). The van der Waals surface area contributed by atoms with Crippen molar-refractivity contribution in [1.82, 2.24) is 10.2 Å². The van der Waals surface area contributed by atoms with Crippen molar-refractivity contribution in [3.63, 3.8) is 0 Å². The van der Waals surface area contributed by atoms with Crippen LogP contribution in [0.2, 0.25) is 0 Å². The Morgan fingerprint density at radius 2 is 1.69 bits per heavy atom. The monoisotopic (exact) mass is 496 g/mol. The molecule has 2 aromatic rings. The van der Waals surface area contributed by atoms with E-state index in [0.717, 1.165) is 31.9 Å². The fraction of sp³-hybridized carbons (Fsp3) is 0.444. The number of nitrogens with zero attached hydrogens (tertiary/aromatic N) is 1. The van der Waals surface area contributed by atoms with Crippen LogP contribution in [0.1, 0.15) is 53.7 Å². The molecule has 8 heteroatoms. The lowest BCUT2D eigenvalue weighted by Crippen LogP contribution is -2.66. The van der Waals surface area contributed by atoms with Gasteiger partial charge in [0.2, 0.25) is 11.8 Å². The quantitative estimate of drug-likeness (QED) is 0.567. The molecule has 0 radical (unpaired) electrons. The SMILES string of the molecule is CCC(CC)C1C(=O)NC(C2Cc3ccccc3C2)C(=O)N1Cc1ccc(S(C)(=O)=O)cc1C=O. The summed E-state index contributed by atoms with van der Waals surface area (Å²) in [6.07, 6.45) is 4.59. The number of amides is 2. The zero-order valence-electron chi connectivity index (χ0n) is 20.4. The first-order valence-corrected chi connectivity index (χ1v) is 14.0. The predicted octanol–water partition coefficient (Wildman–Crippen LogP) is 2.95. The van der Waals surface area contributed by atoms with Gasteiger partial charge in [-0.25, -0.2) is 8.42 Å². The van der Waals surface area contributed by atoms with Crippen molar-refractivity contribution in [1.29, 1.82) is 0 Å². The minimum Gasteiger partial charge on any atom is -0.342 e. The van der Waals surface area contributed by atoms with Crippen molar-refractivity contribution >= 4 is 27.9 Å². The number of sulfone groups is 1. The summed E-state index contributed by atoms with van der Waals surface area (Å²) in [4.78, 5) is 40.8. The average Bonchev–Trinajstić information content (AvgIpc) is 3.27. The number of benzene rings is 2. The van der Waals surface area contributed by atoms with Crippen LogP contribution in [0.3, 0.4) is 0 Å². The number of hydrogen-bond donors (Lipinski definition) is 1. The molecule has 2 aliphatic rings. The molecular weight excluding hydrogens is 464 g/mol. The first kappa shape index (κ1) is 25.1. The summed E-state index contributed by atoms with van der Waals surface area (Å²) >= 11 is 0. The highest BCUT2D eigenvalue weighted by molar-refractivity contribution is 7.90. The lowest BCUT2D eigenvalue weighted by atomic mass is 9.86. The van der Waals surface area contributed by atoms with E-state index in [1.54, 1.807) is 11.0 Å². The molecule has 186 valence electrons.